The van der Waals surface area contributed by atoms with Gasteiger partial charge in [-0.15, -0.1) is 0 Å². The molecule has 0 aliphatic rings. The fourth-order valence-corrected chi connectivity index (χ4v) is 3.94. The molecule has 0 atom stereocenters. The summed E-state index contributed by atoms with van der Waals surface area (Å²) in [6, 6.07) is 3.74. The van der Waals surface area contributed by atoms with Gasteiger partial charge in [0.2, 0.25) is 5.95 Å². The van der Waals surface area contributed by atoms with Gasteiger partial charge in [0, 0.05) is 38.8 Å². The number of ether oxygens (including phenoxy) is 2. The van der Waals surface area contributed by atoms with Crippen LogP contribution in [-0.4, -0.2) is 46.6 Å². The van der Waals surface area contributed by atoms with Gasteiger partial charge in [-0.3, -0.25) is 14.0 Å². The monoisotopic (exact) mass is 413 g/mol. The fourth-order valence-electron chi connectivity index (χ4n) is 3.94. The number of fused-ring (bicyclic) bond motifs is 1. The predicted octanol–water partition coefficient (Wildman–Crippen LogP) is 3.29. The molecule has 0 unspecified atom stereocenters. The molecular weight excluding hydrogens is 382 g/mol. The molecule has 0 aliphatic carbocycles. The van der Waals surface area contributed by atoms with E-state index in [1.807, 2.05) is 26.1 Å². The summed E-state index contributed by atoms with van der Waals surface area (Å²) in [4.78, 5) is 20.4. The van der Waals surface area contributed by atoms with Crippen molar-refractivity contribution >= 4 is 17.0 Å². The second kappa shape index (κ2) is 8.77. The van der Waals surface area contributed by atoms with Crippen molar-refractivity contribution in [3.63, 3.8) is 0 Å². The number of rotatable bonds is 8. The molecule has 0 spiro atoms. The summed E-state index contributed by atoms with van der Waals surface area (Å²) in [5.41, 5.74) is 2.77. The van der Waals surface area contributed by atoms with Gasteiger partial charge in [0.15, 0.2) is 5.65 Å². The maximum absolute atomic E-state index is 13.5. The molecule has 30 heavy (non-hydrogen) atoms. The van der Waals surface area contributed by atoms with Gasteiger partial charge in [-0.25, -0.2) is 0 Å². The van der Waals surface area contributed by atoms with Crippen LogP contribution in [0.1, 0.15) is 32.3 Å². The first-order chi connectivity index (χ1) is 14.4. The third-order valence-corrected chi connectivity index (χ3v) is 5.29. The molecule has 8 heteroatoms. The van der Waals surface area contributed by atoms with Crippen molar-refractivity contribution < 1.29 is 9.47 Å². The van der Waals surface area contributed by atoms with Crippen LogP contribution in [0.5, 0.6) is 11.5 Å². The molecule has 0 saturated heterocycles. The fraction of sp³-hybridized carbons (Fsp3) is 0.500. The van der Waals surface area contributed by atoms with Gasteiger partial charge in [-0.05, 0) is 31.4 Å². The number of aryl methyl sites for hydroxylation is 2. The highest BCUT2D eigenvalue weighted by Gasteiger charge is 2.24. The summed E-state index contributed by atoms with van der Waals surface area (Å²) < 4.78 is 14.3. The summed E-state index contributed by atoms with van der Waals surface area (Å²) in [6.45, 7) is 7.89. The van der Waals surface area contributed by atoms with E-state index in [9.17, 15) is 4.79 Å². The Morgan fingerprint density at radius 1 is 1.07 bits per heavy atom. The lowest BCUT2D eigenvalue weighted by Crippen LogP contribution is -2.33. The summed E-state index contributed by atoms with van der Waals surface area (Å²) in [7, 11) is 6.83. The van der Waals surface area contributed by atoms with Crippen LogP contribution in [0.15, 0.2) is 16.9 Å². The standard InChI is InChI=1S/C22H31N5O3/c1-8-10-27(11-9-2)22-23-20-18(21(28)25(22)4)19(26(5)24-20)17-14(3)12-15(29-6)13-16(17)30-7/h12-13H,8-11H2,1-7H3. The van der Waals surface area contributed by atoms with Gasteiger partial charge in [0.05, 0.1) is 19.9 Å². The van der Waals surface area contributed by atoms with Crippen molar-refractivity contribution in [3.8, 4) is 22.8 Å². The van der Waals surface area contributed by atoms with Crippen LogP contribution in [0.2, 0.25) is 0 Å². The molecule has 2 aromatic heterocycles. The normalized spacial score (nSPS) is 11.2. The van der Waals surface area contributed by atoms with Crippen LogP contribution in [-0.2, 0) is 14.1 Å². The Balaban J connectivity index is 2.32. The summed E-state index contributed by atoms with van der Waals surface area (Å²) in [6.07, 6.45) is 1.95. The Morgan fingerprint density at radius 2 is 1.73 bits per heavy atom. The Morgan fingerprint density at radius 3 is 2.30 bits per heavy atom. The molecule has 0 amide bonds. The molecule has 0 saturated carbocycles. The number of hydrogen-bond acceptors (Lipinski definition) is 6. The first-order valence-electron chi connectivity index (χ1n) is 10.3. The van der Waals surface area contributed by atoms with Gasteiger partial charge in [0.25, 0.3) is 5.56 Å². The third-order valence-electron chi connectivity index (χ3n) is 5.29. The van der Waals surface area contributed by atoms with Crippen molar-refractivity contribution in [1.29, 1.82) is 0 Å². The van der Waals surface area contributed by atoms with E-state index in [1.54, 1.807) is 30.5 Å². The van der Waals surface area contributed by atoms with Crippen molar-refractivity contribution in [2.45, 2.75) is 33.6 Å². The lowest BCUT2D eigenvalue weighted by Gasteiger charge is -2.24. The highest BCUT2D eigenvalue weighted by molar-refractivity contribution is 5.94. The molecule has 0 bridgehead atoms. The van der Waals surface area contributed by atoms with E-state index >= 15 is 0 Å². The van der Waals surface area contributed by atoms with Crippen molar-refractivity contribution in [2.24, 2.45) is 14.1 Å². The number of hydrogen-bond donors (Lipinski definition) is 0. The van der Waals surface area contributed by atoms with Crippen LogP contribution in [0.3, 0.4) is 0 Å². The average Bonchev–Trinajstić information content (AvgIpc) is 3.05. The third kappa shape index (κ3) is 3.62. The van der Waals surface area contributed by atoms with E-state index in [0.717, 1.165) is 37.1 Å². The highest BCUT2D eigenvalue weighted by Crippen LogP contribution is 2.39. The van der Waals surface area contributed by atoms with E-state index < -0.39 is 0 Å². The number of nitrogens with zero attached hydrogens (tertiary/aromatic N) is 5. The van der Waals surface area contributed by atoms with E-state index in [2.05, 4.69) is 23.8 Å². The van der Waals surface area contributed by atoms with Crippen molar-refractivity contribution in [3.05, 3.63) is 28.0 Å². The molecule has 1 aromatic carbocycles. The molecule has 3 aromatic rings. The summed E-state index contributed by atoms with van der Waals surface area (Å²) in [5, 5.41) is 5.08. The first-order valence-corrected chi connectivity index (χ1v) is 10.3. The zero-order chi connectivity index (χ0) is 22.0. The van der Waals surface area contributed by atoms with Crippen molar-refractivity contribution in [1.82, 2.24) is 19.3 Å². The van der Waals surface area contributed by atoms with Gasteiger partial charge in [-0.1, -0.05) is 13.8 Å². The minimum absolute atomic E-state index is 0.118. The smallest absolute Gasteiger partial charge is 0.266 e. The Labute approximate surface area is 177 Å². The van der Waals surface area contributed by atoms with Crippen LogP contribution < -0.4 is 19.9 Å². The topological polar surface area (TPSA) is 74.4 Å². The van der Waals surface area contributed by atoms with Crippen molar-refractivity contribution in [2.75, 3.05) is 32.2 Å². The highest BCUT2D eigenvalue weighted by atomic mass is 16.5. The molecule has 0 radical (unpaired) electrons. The van der Waals surface area contributed by atoms with Crippen LogP contribution in [0, 0.1) is 6.92 Å². The largest absolute Gasteiger partial charge is 0.497 e. The Hall–Kier alpha value is -3.03. The molecule has 0 aliphatic heterocycles. The molecular formula is C22H31N5O3. The summed E-state index contributed by atoms with van der Waals surface area (Å²) in [5.74, 6) is 1.98. The van der Waals surface area contributed by atoms with Crippen LogP contribution >= 0.6 is 0 Å². The molecule has 3 rings (SSSR count). The number of anilines is 1. The summed E-state index contributed by atoms with van der Waals surface area (Å²) >= 11 is 0. The second-order valence-corrected chi connectivity index (χ2v) is 7.46. The van der Waals surface area contributed by atoms with E-state index in [-0.39, 0.29) is 5.56 Å². The van der Waals surface area contributed by atoms with Crippen LogP contribution in [0.4, 0.5) is 5.95 Å². The number of aromatic nitrogens is 4. The average molecular weight is 414 g/mol. The molecule has 0 N–H and O–H groups in total. The molecule has 8 nitrogen and oxygen atoms in total. The molecule has 162 valence electrons. The van der Waals surface area contributed by atoms with E-state index in [1.165, 1.54) is 0 Å². The first kappa shape index (κ1) is 21.7. The van der Waals surface area contributed by atoms with E-state index in [4.69, 9.17) is 14.5 Å². The van der Waals surface area contributed by atoms with Gasteiger partial charge in [-0.2, -0.15) is 10.1 Å². The predicted molar refractivity (Wildman–Crippen MR) is 120 cm³/mol. The lowest BCUT2D eigenvalue weighted by atomic mass is 10.0. The zero-order valence-corrected chi connectivity index (χ0v) is 18.9. The zero-order valence-electron chi connectivity index (χ0n) is 18.9. The SMILES string of the molecule is CCCN(CCC)c1nc2nn(C)c(-c3c(C)cc(OC)cc3OC)c2c(=O)n1C. The van der Waals surface area contributed by atoms with Crippen LogP contribution in [0.25, 0.3) is 22.3 Å². The minimum Gasteiger partial charge on any atom is -0.497 e. The minimum atomic E-state index is -0.118. The Bertz CT molecular complexity index is 1110. The quantitative estimate of drug-likeness (QED) is 0.564. The second-order valence-electron chi connectivity index (χ2n) is 7.46. The number of benzene rings is 1. The number of methoxy groups -OCH3 is 2. The maximum atomic E-state index is 13.5. The van der Waals surface area contributed by atoms with Gasteiger partial charge in [0.1, 0.15) is 16.9 Å². The van der Waals surface area contributed by atoms with Gasteiger partial charge < -0.3 is 14.4 Å². The molecule has 2 heterocycles. The lowest BCUT2D eigenvalue weighted by molar-refractivity contribution is 0.394. The van der Waals surface area contributed by atoms with Gasteiger partial charge >= 0.3 is 0 Å². The Kier molecular flexibility index (Phi) is 6.34. The maximum Gasteiger partial charge on any atom is 0.266 e. The molecule has 0 fully saturated rings. The van der Waals surface area contributed by atoms with E-state index in [0.29, 0.717) is 34.2 Å².